The fourth-order valence-corrected chi connectivity index (χ4v) is 3.12. The van der Waals surface area contributed by atoms with Crippen LogP contribution < -0.4 is 10.0 Å². The third-order valence-electron chi connectivity index (χ3n) is 2.79. The Kier molecular flexibility index (Phi) is 3.87. The van der Waals surface area contributed by atoms with E-state index in [4.69, 9.17) is 17.3 Å². The van der Waals surface area contributed by atoms with Crippen LogP contribution in [0.3, 0.4) is 0 Å². The van der Waals surface area contributed by atoms with Crippen molar-refractivity contribution < 1.29 is 12.8 Å². The SMILES string of the molecule is CN(c1cc(Cl)ccc1N)S(=O)(=O)c1cccc(F)c1. The highest BCUT2D eigenvalue weighted by Crippen LogP contribution is 2.30. The number of nitrogen functional groups attached to an aromatic ring is 1. The third kappa shape index (κ3) is 2.71. The Labute approximate surface area is 121 Å². The molecular formula is C13H12ClFN2O2S. The lowest BCUT2D eigenvalue weighted by Gasteiger charge is -2.21. The highest BCUT2D eigenvalue weighted by Gasteiger charge is 2.23. The van der Waals surface area contributed by atoms with Gasteiger partial charge in [-0.25, -0.2) is 12.8 Å². The lowest BCUT2D eigenvalue weighted by Crippen LogP contribution is -2.27. The Balaban J connectivity index is 2.51. The van der Waals surface area contributed by atoms with Gasteiger partial charge in [-0.2, -0.15) is 0 Å². The van der Waals surface area contributed by atoms with E-state index >= 15 is 0 Å². The van der Waals surface area contributed by atoms with Crippen LogP contribution in [0.4, 0.5) is 15.8 Å². The summed E-state index contributed by atoms with van der Waals surface area (Å²) in [5.74, 6) is -0.626. The molecule has 7 heteroatoms. The second-order valence-corrected chi connectivity index (χ2v) is 6.54. The first-order valence-corrected chi connectivity index (χ1v) is 7.43. The van der Waals surface area contributed by atoms with Gasteiger partial charge in [-0.1, -0.05) is 17.7 Å². The maximum absolute atomic E-state index is 13.2. The molecule has 0 saturated carbocycles. The van der Waals surface area contributed by atoms with Crippen LogP contribution >= 0.6 is 11.6 Å². The van der Waals surface area contributed by atoms with E-state index in [1.54, 1.807) is 6.07 Å². The maximum atomic E-state index is 13.2. The number of benzene rings is 2. The van der Waals surface area contributed by atoms with Crippen molar-refractivity contribution >= 4 is 33.0 Å². The highest BCUT2D eigenvalue weighted by molar-refractivity contribution is 7.92. The first-order chi connectivity index (χ1) is 9.32. The van der Waals surface area contributed by atoms with E-state index in [2.05, 4.69) is 0 Å². The quantitative estimate of drug-likeness (QED) is 0.886. The molecule has 20 heavy (non-hydrogen) atoms. The van der Waals surface area contributed by atoms with E-state index in [1.165, 1.54) is 37.4 Å². The molecule has 0 atom stereocenters. The smallest absolute Gasteiger partial charge is 0.264 e. The van der Waals surface area contributed by atoms with Crippen LogP contribution in [-0.2, 0) is 10.0 Å². The second-order valence-electron chi connectivity index (χ2n) is 4.13. The summed E-state index contributed by atoms with van der Waals surface area (Å²) in [6.07, 6.45) is 0. The number of nitrogens with zero attached hydrogens (tertiary/aromatic N) is 1. The van der Waals surface area contributed by atoms with Crippen molar-refractivity contribution in [2.45, 2.75) is 4.90 Å². The molecule has 0 unspecified atom stereocenters. The van der Waals surface area contributed by atoms with Crippen molar-refractivity contribution in [2.24, 2.45) is 0 Å². The summed E-state index contributed by atoms with van der Waals surface area (Å²) in [6.45, 7) is 0. The van der Waals surface area contributed by atoms with Crippen LogP contribution in [0.2, 0.25) is 5.02 Å². The minimum Gasteiger partial charge on any atom is -0.397 e. The van der Waals surface area contributed by atoms with Crippen molar-refractivity contribution in [1.82, 2.24) is 0 Å². The van der Waals surface area contributed by atoms with E-state index in [-0.39, 0.29) is 16.3 Å². The third-order valence-corrected chi connectivity index (χ3v) is 4.79. The first kappa shape index (κ1) is 14.6. The van der Waals surface area contributed by atoms with Crippen molar-refractivity contribution in [3.05, 3.63) is 53.3 Å². The van der Waals surface area contributed by atoms with Crippen LogP contribution in [0.15, 0.2) is 47.4 Å². The molecule has 0 bridgehead atoms. The predicted molar refractivity (Wildman–Crippen MR) is 77.9 cm³/mol. The molecule has 0 radical (unpaired) electrons. The van der Waals surface area contributed by atoms with Gasteiger partial charge < -0.3 is 5.73 Å². The minimum atomic E-state index is -3.90. The van der Waals surface area contributed by atoms with Gasteiger partial charge in [0.25, 0.3) is 10.0 Å². The molecule has 0 heterocycles. The van der Waals surface area contributed by atoms with Crippen molar-refractivity contribution in [3.63, 3.8) is 0 Å². The van der Waals surface area contributed by atoms with Crippen LogP contribution in [-0.4, -0.2) is 15.5 Å². The fraction of sp³-hybridized carbons (Fsp3) is 0.0769. The molecule has 2 rings (SSSR count). The van der Waals surface area contributed by atoms with Gasteiger partial charge in [-0.3, -0.25) is 4.31 Å². The zero-order chi connectivity index (χ0) is 14.9. The molecule has 4 nitrogen and oxygen atoms in total. The number of halogens is 2. The zero-order valence-electron chi connectivity index (χ0n) is 10.5. The summed E-state index contributed by atoms with van der Waals surface area (Å²) in [6, 6.07) is 9.28. The van der Waals surface area contributed by atoms with Gasteiger partial charge in [0.2, 0.25) is 0 Å². The Bertz CT molecular complexity index is 750. The normalized spacial score (nSPS) is 11.3. The van der Waals surface area contributed by atoms with E-state index in [0.29, 0.717) is 5.02 Å². The van der Waals surface area contributed by atoms with E-state index in [0.717, 1.165) is 10.4 Å². The highest BCUT2D eigenvalue weighted by atomic mass is 35.5. The molecule has 2 aromatic carbocycles. The number of hydrogen-bond donors (Lipinski definition) is 1. The number of sulfonamides is 1. The average Bonchev–Trinajstić information content (AvgIpc) is 2.40. The van der Waals surface area contributed by atoms with Gasteiger partial charge in [0, 0.05) is 12.1 Å². The Morgan fingerprint density at radius 2 is 1.90 bits per heavy atom. The van der Waals surface area contributed by atoms with Gasteiger partial charge in [0.15, 0.2) is 0 Å². The van der Waals surface area contributed by atoms with Crippen LogP contribution in [0.5, 0.6) is 0 Å². The van der Waals surface area contributed by atoms with E-state index in [9.17, 15) is 12.8 Å². The topological polar surface area (TPSA) is 63.4 Å². The second kappa shape index (κ2) is 5.30. The molecule has 0 aliphatic rings. The molecule has 0 spiro atoms. The van der Waals surface area contributed by atoms with E-state index in [1.807, 2.05) is 0 Å². The first-order valence-electron chi connectivity index (χ1n) is 5.62. The molecule has 0 amide bonds. The summed E-state index contributed by atoms with van der Waals surface area (Å²) in [5.41, 5.74) is 6.25. The number of anilines is 2. The fourth-order valence-electron chi connectivity index (χ4n) is 1.70. The largest absolute Gasteiger partial charge is 0.397 e. The van der Waals surface area contributed by atoms with Gasteiger partial charge in [0.1, 0.15) is 5.82 Å². The van der Waals surface area contributed by atoms with Gasteiger partial charge >= 0.3 is 0 Å². The molecule has 0 saturated heterocycles. The number of rotatable bonds is 3. The lowest BCUT2D eigenvalue weighted by molar-refractivity contribution is 0.589. The van der Waals surface area contributed by atoms with Crippen LogP contribution in [0.25, 0.3) is 0 Å². The molecular weight excluding hydrogens is 303 g/mol. The molecule has 0 aromatic heterocycles. The maximum Gasteiger partial charge on any atom is 0.264 e. The zero-order valence-corrected chi connectivity index (χ0v) is 12.1. The monoisotopic (exact) mass is 314 g/mol. The van der Waals surface area contributed by atoms with Crippen LogP contribution in [0.1, 0.15) is 0 Å². The summed E-state index contributed by atoms with van der Waals surface area (Å²) in [5, 5.41) is 0.357. The van der Waals surface area contributed by atoms with Gasteiger partial charge in [-0.15, -0.1) is 0 Å². The van der Waals surface area contributed by atoms with Crippen molar-refractivity contribution in [2.75, 3.05) is 17.1 Å². The summed E-state index contributed by atoms with van der Waals surface area (Å²) < 4.78 is 39.0. The summed E-state index contributed by atoms with van der Waals surface area (Å²) >= 11 is 5.85. The van der Waals surface area contributed by atoms with Crippen molar-refractivity contribution in [1.29, 1.82) is 0 Å². The predicted octanol–water partition coefficient (Wildman–Crippen LogP) is 2.89. The standard InChI is InChI=1S/C13H12ClFN2O2S/c1-17(13-7-9(14)5-6-12(13)16)20(18,19)11-4-2-3-10(15)8-11/h2-8H,16H2,1H3. The van der Waals surface area contributed by atoms with Gasteiger partial charge in [0.05, 0.1) is 16.3 Å². The molecule has 2 aromatic rings. The molecule has 0 fully saturated rings. The minimum absolute atomic E-state index is 0.153. The summed E-state index contributed by atoms with van der Waals surface area (Å²) in [7, 11) is -2.56. The molecule has 106 valence electrons. The Morgan fingerprint density at radius 1 is 1.20 bits per heavy atom. The molecule has 0 aliphatic carbocycles. The molecule has 2 N–H and O–H groups in total. The van der Waals surface area contributed by atoms with Gasteiger partial charge in [-0.05, 0) is 36.4 Å². The molecule has 0 aliphatic heterocycles. The average molecular weight is 315 g/mol. The van der Waals surface area contributed by atoms with E-state index < -0.39 is 15.8 Å². The van der Waals surface area contributed by atoms with Crippen LogP contribution in [0, 0.1) is 5.82 Å². The Hall–Kier alpha value is -1.79. The Morgan fingerprint density at radius 3 is 2.55 bits per heavy atom. The van der Waals surface area contributed by atoms with Crippen molar-refractivity contribution in [3.8, 4) is 0 Å². The number of hydrogen-bond acceptors (Lipinski definition) is 3. The summed E-state index contributed by atoms with van der Waals surface area (Å²) in [4.78, 5) is -0.153. The number of nitrogens with two attached hydrogens (primary N) is 1. The lowest BCUT2D eigenvalue weighted by atomic mass is 10.3.